The molecule has 0 unspecified atom stereocenters. The number of halogens is 1. The lowest BCUT2D eigenvalue weighted by atomic mass is 9.89. The van der Waals surface area contributed by atoms with Gasteiger partial charge in [-0.15, -0.1) is 0 Å². The number of fused-ring (bicyclic) bond motifs is 2. The summed E-state index contributed by atoms with van der Waals surface area (Å²) in [6.07, 6.45) is 0. The number of aryl methyl sites for hydroxylation is 1. The first kappa shape index (κ1) is 12.3. The quantitative estimate of drug-likeness (QED) is 0.726. The minimum absolute atomic E-state index is 0.273. The standard InChI is InChI=1S/C16H12BrNO/c1-10-2-5-16-14(6-10)15(8-18)13-7-12(17)4-3-11(13)9-19-16/h2-7,15H,9H2,1H3/t15-/m0/s1. The van der Waals surface area contributed by atoms with E-state index < -0.39 is 0 Å². The Morgan fingerprint density at radius 3 is 2.84 bits per heavy atom. The van der Waals surface area contributed by atoms with Gasteiger partial charge in [-0.1, -0.05) is 39.7 Å². The van der Waals surface area contributed by atoms with Crippen molar-refractivity contribution in [2.75, 3.05) is 0 Å². The predicted molar refractivity (Wildman–Crippen MR) is 77.1 cm³/mol. The SMILES string of the molecule is Cc1ccc2c(c1)[C@@H](C#N)c1cc(Br)ccc1CO2. The fraction of sp³-hybridized carbons (Fsp3) is 0.188. The lowest BCUT2D eigenvalue weighted by Gasteiger charge is -2.12. The van der Waals surface area contributed by atoms with Gasteiger partial charge >= 0.3 is 0 Å². The molecule has 19 heavy (non-hydrogen) atoms. The number of hydrogen-bond acceptors (Lipinski definition) is 2. The molecule has 2 nitrogen and oxygen atoms in total. The molecule has 1 atom stereocenters. The van der Waals surface area contributed by atoms with Gasteiger partial charge in [-0.3, -0.25) is 0 Å². The van der Waals surface area contributed by atoms with Crippen molar-refractivity contribution in [1.82, 2.24) is 0 Å². The number of nitriles is 1. The van der Waals surface area contributed by atoms with Gasteiger partial charge in [-0.25, -0.2) is 0 Å². The highest BCUT2D eigenvalue weighted by Crippen LogP contribution is 2.38. The third-order valence-electron chi connectivity index (χ3n) is 3.41. The molecular weight excluding hydrogens is 302 g/mol. The second kappa shape index (κ2) is 4.71. The molecule has 0 radical (unpaired) electrons. The van der Waals surface area contributed by atoms with Crippen molar-refractivity contribution in [3.8, 4) is 11.8 Å². The minimum atomic E-state index is -0.273. The van der Waals surface area contributed by atoms with Gasteiger partial charge in [-0.05, 0) is 36.2 Å². The van der Waals surface area contributed by atoms with Crippen LogP contribution >= 0.6 is 15.9 Å². The van der Waals surface area contributed by atoms with Crippen LogP contribution in [-0.4, -0.2) is 0 Å². The van der Waals surface area contributed by atoms with Crippen LogP contribution in [-0.2, 0) is 6.61 Å². The third kappa shape index (κ3) is 2.13. The van der Waals surface area contributed by atoms with Crippen molar-refractivity contribution >= 4 is 15.9 Å². The van der Waals surface area contributed by atoms with Gasteiger partial charge in [0.15, 0.2) is 0 Å². The van der Waals surface area contributed by atoms with Gasteiger partial charge in [0, 0.05) is 10.0 Å². The number of hydrogen-bond donors (Lipinski definition) is 0. The molecule has 3 heteroatoms. The van der Waals surface area contributed by atoms with Crippen LogP contribution in [0.1, 0.15) is 28.2 Å². The fourth-order valence-electron chi connectivity index (χ4n) is 2.45. The zero-order valence-corrected chi connectivity index (χ0v) is 12.1. The molecule has 0 amide bonds. The first-order valence-electron chi connectivity index (χ1n) is 6.10. The van der Waals surface area contributed by atoms with E-state index >= 15 is 0 Å². The Morgan fingerprint density at radius 1 is 1.21 bits per heavy atom. The van der Waals surface area contributed by atoms with Crippen LogP contribution < -0.4 is 4.74 Å². The molecule has 2 aromatic carbocycles. The zero-order chi connectivity index (χ0) is 13.4. The highest BCUT2D eigenvalue weighted by atomic mass is 79.9. The van der Waals surface area contributed by atoms with E-state index in [-0.39, 0.29) is 5.92 Å². The monoisotopic (exact) mass is 313 g/mol. The van der Waals surface area contributed by atoms with Gasteiger partial charge in [-0.2, -0.15) is 5.26 Å². The van der Waals surface area contributed by atoms with Crippen molar-refractivity contribution in [3.63, 3.8) is 0 Å². The number of benzene rings is 2. The molecule has 0 aromatic heterocycles. The van der Waals surface area contributed by atoms with E-state index in [2.05, 4.69) is 22.0 Å². The van der Waals surface area contributed by atoms with Crippen molar-refractivity contribution in [3.05, 3.63) is 63.1 Å². The Balaban J connectivity index is 2.24. The summed E-state index contributed by atoms with van der Waals surface area (Å²) in [6, 6.07) is 14.4. The first-order chi connectivity index (χ1) is 9.19. The molecule has 94 valence electrons. The second-order valence-electron chi connectivity index (χ2n) is 4.74. The maximum atomic E-state index is 9.57. The van der Waals surface area contributed by atoms with E-state index in [1.165, 1.54) is 0 Å². The number of ether oxygens (including phenoxy) is 1. The van der Waals surface area contributed by atoms with Gasteiger partial charge in [0.1, 0.15) is 18.3 Å². The Kier molecular flexibility index (Phi) is 3.04. The lowest BCUT2D eigenvalue weighted by molar-refractivity contribution is 0.307. The molecule has 1 aliphatic heterocycles. The van der Waals surface area contributed by atoms with E-state index in [0.29, 0.717) is 6.61 Å². The smallest absolute Gasteiger partial charge is 0.124 e. The highest BCUT2D eigenvalue weighted by Gasteiger charge is 2.24. The summed E-state index contributed by atoms with van der Waals surface area (Å²) in [5, 5.41) is 9.57. The van der Waals surface area contributed by atoms with Crippen LogP contribution in [0.15, 0.2) is 40.9 Å². The summed E-state index contributed by atoms with van der Waals surface area (Å²) >= 11 is 3.48. The van der Waals surface area contributed by atoms with Gasteiger partial charge in [0.05, 0.1) is 6.07 Å². The van der Waals surface area contributed by atoms with Gasteiger partial charge in [0.25, 0.3) is 0 Å². The summed E-state index contributed by atoms with van der Waals surface area (Å²) in [5.74, 6) is 0.536. The summed E-state index contributed by atoms with van der Waals surface area (Å²) in [7, 11) is 0. The van der Waals surface area contributed by atoms with Gasteiger partial charge < -0.3 is 4.74 Å². The highest BCUT2D eigenvalue weighted by molar-refractivity contribution is 9.10. The number of rotatable bonds is 0. The number of nitrogens with zero attached hydrogens (tertiary/aromatic N) is 1. The third-order valence-corrected chi connectivity index (χ3v) is 3.90. The van der Waals surface area contributed by atoms with E-state index in [1.807, 2.05) is 43.3 Å². The summed E-state index contributed by atoms with van der Waals surface area (Å²) in [6.45, 7) is 2.54. The van der Waals surface area contributed by atoms with Crippen molar-refractivity contribution < 1.29 is 4.74 Å². The van der Waals surface area contributed by atoms with Crippen LogP contribution in [0, 0.1) is 18.3 Å². The van der Waals surface area contributed by atoms with Gasteiger partial charge in [0.2, 0.25) is 0 Å². The van der Waals surface area contributed by atoms with Crippen LogP contribution in [0.2, 0.25) is 0 Å². The Labute approximate surface area is 120 Å². The topological polar surface area (TPSA) is 33.0 Å². The molecular formula is C16H12BrNO. The van der Waals surface area contributed by atoms with E-state index in [1.54, 1.807) is 0 Å². The summed E-state index contributed by atoms with van der Waals surface area (Å²) in [5.41, 5.74) is 4.20. The average molecular weight is 314 g/mol. The fourth-order valence-corrected chi connectivity index (χ4v) is 2.83. The maximum absolute atomic E-state index is 9.57. The molecule has 0 spiro atoms. The molecule has 0 N–H and O–H groups in total. The molecule has 0 saturated carbocycles. The molecule has 1 aliphatic rings. The minimum Gasteiger partial charge on any atom is -0.489 e. The summed E-state index contributed by atoms with van der Waals surface area (Å²) < 4.78 is 6.82. The zero-order valence-electron chi connectivity index (χ0n) is 10.5. The van der Waals surface area contributed by atoms with Crippen molar-refractivity contribution in [1.29, 1.82) is 5.26 Å². The Morgan fingerprint density at radius 2 is 2.05 bits per heavy atom. The van der Waals surface area contributed by atoms with Crippen molar-refractivity contribution in [2.24, 2.45) is 0 Å². The molecule has 1 heterocycles. The lowest BCUT2D eigenvalue weighted by Crippen LogP contribution is -2.00. The van der Waals surface area contributed by atoms with E-state index in [4.69, 9.17) is 4.74 Å². The molecule has 0 fully saturated rings. The average Bonchev–Trinajstić information content (AvgIpc) is 2.54. The van der Waals surface area contributed by atoms with E-state index in [9.17, 15) is 5.26 Å². The van der Waals surface area contributed by atoms with E-state index in [0.717, 1.165) is 32.5 Å². The maximum Gasteiger partial charge on any atom is 0.124 e. The van der Waals surface area contributed by atoms with Crippen molar-refractivity contribution in [2.45, 2.75) is 19.4 Å². The largest absolute Gasteiger partial charge is 0.489 e. The first-order valence-corrected chi connectivity index (χ1v) is 6.89. The van der Waals surface area contributed by atoms with Crippen LogP contribution in [0.25, 0.3) is 0 Å². The molecule has 2 aromatic rings. The van der Waals surface area contributed by atoms with Crippen LogP contribution in [0.5, 0.6) is 5.75 Å². The predicted octanol–water partition coefficient (Wildman–Crippen LogP) is 4.31. The molecule has 0 saturated heterocycles. The molecule has 0 bridgehead atoms. The second-order valence-corrected chi connectivity index (χ2v) is 5.65. The Hall–Kier alpha value is -1.79. The molecule has 0 aliphatic carbocycles. The van der Waals surface area contributed by atoms with Crippen LogP contribution in [0.3, 0.4) is 0 Å². The van der Waals surface area contributed by atoms with Crippen LogP contribution in [0.4, 0.5) is 0 Å². The molecule has 3 rings (SSSR count). The Bertz CT molecular complexity index is 634. The normalized spacial score (nSPS) is 16.6. The summed E-state index contributed by atoms with van der Waals surface area (Å²) in [4.78, 5) is 0.